The summed E-state index contributed by atoms with van der Waals surface area (Å²) in [6, 6.07) is 8.38. The first-order valence-corrected chi connectivity index (χ1v) is 16.5. The Labute approximate surface area is 223 Å². The van der Waals surface area contributed by atoms with Crippen molar-refractivity contribution in [3.8, 4) is 5.82 Å². The minimum absolute atomic E-state index is 0.0293. The molecule has 1 aromatic carbocycles. The highest BCUT2D eigenvalue weighted by molar-refractivity contribution is 6.76. The number of aromatic nitrogens is 5. The van der Waals surface area contributed by atoms with Gasteiger partial charge in [0, 0.05) is 44.2 Å². The van der Waals surface area contributed by atoms with Crippen LogP contribution in [0, 0.1) is 13.8 Å². The maximum absolute atomic E-state index is 13.1. The largest absolute Gasteiger partial charge is 0.361 e. The number of carbonyl (C=O) groups excluding carboxylic acids is 1. The molecule has 1 aliphatic rings. The van der Waals surface area contributed by atoms with E-state index < -0.39 is 14.0 Å². The third kappa shape index (κ3) is 5.34. The van der Waals surface area contributed by atoms with Gasteiger partial charge in [-0.1, -0.05) is 43.4 Å². The molecule has 193 valence electrons. The third-order valence-electron chi connectivity index (χ3n) is 6.73. The topological polar surface area (TPSA) is 78.1 Å². The monoisotopic (exact) mass is 535 g/mol. The van der Waals surface area contributed by atoms with Crippen LogP contribution in [0.4, 0.5) is 0 Å². The van der Waals surface area contributed by atoms with Gasteiger partial charge in [0.15, 0.2) is 5.82 Å². The van der Waals surface area contributed by atoms with Gasteiger partial charge in [-0.05, 0) is 43.2 Å². The van der Waals surface area contributed by atoms with Crippen molar-refractivity contribution in [3.05, 3.63) is 77.3 Å². The first kappa shape index (κ1) is 25.6. The highest BCUT2D eigenvalue weighted by Gasteiger charge is 2.30. The van der Waals surface area contributed by atoms with Crippen LogP contribution in [-0.4, -0.2) is 49.8 Å². The average Bonchev–Trinajstić information content (AvgIpc) is 3.53. The van der Waals surface area contributed by atoms with E-state index in [4.69, 9.17) is 21.4 Å². The molecule has 3 aromatic heterocycles. The number of nitrogens with zero attached hydrogens (tertiary/aromatic N) is 6. The molecule has 0 saturated heterocycles. The quantitative estimate of drug-likeness (QED) is 0.224. The van der Waals surface area contributed by atoms with Crippen molar-refractivity contribution in [1.82, 2.24) is 29.2 Å². The van der Waals surface area contributed by atoms with Gasteiger partial charge in [-0.25, -0.2) is 14.6 Å². The van der Waals surface area contributed by atoms with E-state index in [1.807, 2.05) is 22.9 Å². The molecule has 4 heterocycles. The summed E-state index contributed by atoms with van der Waals surface area (Å²) >= 11 is 5.98. The number of hydrogen-bond donors (Lipinski definition) is 0. The van der Waals surface area contributed by atoms with E-state index in [-0.39, 0.29) is 5.91 Å². The van der Waals surface area contributed by atoms with Crippen molar-refractivity contribution in [2.75, 3.05) is 6.61 Å². The lowest BCUT2D eigenvalue weighted by molar-refractivity contribution is -0.132. The van der Waals surface area contributed by atoms with Crippen molar-refractivity contribution in [3.63, 3.8) is 0 Å². The van der Waals surface area contributed by atoms with Crippen LogP contribution >= 0.6 is 11.6 Å². The first-order valence-electron chi connectivity index (χ1n) is 12.4. The summed E-state index contributed by atoms with van der Waals surface area (Å²) in [5, 5.41) is 6.39. The van der Waals surface area contributed by atoms with Crippen molar-refractivity contribution in [1.29, 1.82) is 0 Å². The number of carbonyl (C=O) groups is 1. The Hall–Kier alpha value is -3.01. The highest BCUT2D eigenvalue weighted by Crippen LogP contribution is 2.30. The van der Waals surface area contributed by atoms with E-state index in [2.05, 4.69) is 49.7 Å². The van der Waals surface area contributed by atoms with E-state index in [1.165, 1.54) is 0 Å². The second kappa shape index (κ2) is 10.0. The molecule has 5 rings (SSSR count). The van der Waals surface area contributed by atoms with Crippen LogP contribution in [0.2, 0.25) is 30.7 Å². The Bertz CT molecular complexity index is 1420. The zero-order chi connectivity index (χ0) is 26.3. The lowest BCUT2D eigenvalue weighted by Gasteiger charge is -2.20. The summed E-state index contributed by atoms with van der Waals surface area (Å²) in [4.78, 5) is 24.0. The van der Waals surface area contributed by atoms with E-state index in [9.17, 15) is 4.79 Å². The molecule has 0 unspecified atom stereocenters. The summed E-state index contributed by atoms with van der Waals surface area (Å²) < 4.78 is 9.81. The van der Waals surface area contributed by atoms with E-state index >= 15 is 0 Å². The van der Waals surface area contributed by atoms with Crippen molar-refractivity contribution < 1.29 is 9.53 Å². The Morgan fingerprint density at radius 3 is 2.62 bits per heavy atom. The SMILES string of the molecule is [CH2][C@H](C(=O)N1Cc2cn(-c3ncnc4c3c(C)cn4COCC[Si](C)(C)C)nc2C1)c1ccc(Cl)cc1. The van der Waals surface area contributed by atoms with Gasteiger partial charge in [0.2, 0.25) is 5.91 Å². The van der Waals surface area contributed by atoms with Gasteiger partial charge < -0.3 is 14.2 Å². The second-order valence-corrected chi connectivity index (χ2v) is 16.9. The molecule has 1 aliphatic heterocycles. The lowest BCUT2D eigenvalue weighted by atomic mass is 10.00. The molecule has 1 amide bonds. The molecule has 10 heteroatoms. The number of hydrogen-bond acceptors (Lipinski definition) is 5. The van der Waals surface area contributed by atoms with Crippen molar-refractivity contribution in [2.45, 2.75) is 58.3 Å². The Kier molecular flexibility index (Phi) is 6.95. The van der Waals surface area contributed by atoms with Crippen LogP contribution < -0.4 is 0 Å². The summed E-state index contributed by atoms with van der Waals surface area (Å²) in [7, 11) is -1.14. The molecule has 0 aliphatic carbocycles. The number of fused-ring (bicyclic) bond motifs is 2. The van der Waals surface area contributed by atoms with E-state index in [1.54, 1.807) is 28.0 Å². The molecule has 0 bridgehead atoms. The molecule has 0 fully saturated rings. The molecule has 0 N–H and O–H groups in total. The second-order valence-electron chi connectivity index (χ2n) is 10.9. The van der Waals surface area contributed by atoms with Crippen LogP contribution in [0.15, 0.2) is 43.0 Å². The third-order valence-corrected chi connectivity index (χ3v) is 8.68. The minimum atomic E-state index is -1.14. The van der Waals surface area contributed by atoms with Gasteiger partial charge in [0.1, 0.15) is 18.7 Å². The van der Waals surface area contributed by atoms with Crippen molar-refractivity contribution >= 4 is 36.6 Å². The van der Waals surface area contributed by atoms with Gasteiger partial charge in [-0.3, -0.25) is 4.79 Å². The number of benzene rings is 1. The average molecular weight is 536 g/mol. The number of aryl methyl sites for hydroxylation is 1. The van der Waals surface area contributed by atoms with Gasteiger partial charge in [0.05, 0.1) is 23.5 Å². The summed E-state index contributed by atoms with van der Waals surface area (Å²) in [5.41, 5.74) is 4.61. The number of amides is 1. The standard InChI is InChI=1S/C27H32ClN6O2Si/c1-18-12-33(17-36-10-11-37(3,4)5)25-24(18)26(30-16-29-25)34-14-21-13-32(15-23(21)31-34)27(35)19(2)20-6-8-22(28)9-7-20/h6-9,12,14,16,19H,2,10-11,13,15,17H2,1,3-5H3/t19-/m0/s1. The fourth-order valence-corrected chi connectivity index (χ4v) is 5.47. The van der Waals surface area contributed by atoms with Crippen LogP contribution in [0.1, 0.15) is 28.3 Å². The van der Waals surface area contributed by atoms with Crippen LogP contribution in [0.25, 0.3) is 16.9 Å². The normalized spacial score (nSPS) is 14.4. The zero-order valence-electron chi connectivity index (χ0n) is 21.7. The zero-order valence-corrected chi connectivity index (χ0v) is 23.5. The summed E-state index contributed by atoms with van der Waals surface area (Å²) in [5.74, 6) is 0.204. The Balaban J connectivity index is 1.32. The molecular weight excluding hydrogens is 504 g/mol. The smallest absolute Gasteiger partial charge is 0.230 e. The molecule has 37 heavy (non-hydrogen) atoms. The minimum Gasteiger partial charge on any atom is -0.361 e. The maximum Gasteiger partial charge on any atom is 0.230 e. The van der Waals surface area contributed by atoms with Gasteiger partial charge >= 0.3 is 0 Å². The van der Waals surface area contributed by atoms with Crippen LogP contribution in [0.3, 0.4) is 0 Å². The van der Waals surface area contributed by atoms with Crippen molar-refractivity contribution in [2.24, 2.45) is 0 Å². The first-order chi connectivity index (χ1) is 17.6. The van der Waals surface area contributed by atoms with E-state index in [0.29, 0.717) is 24.8 Å². The summed E-state index contributed by atoms with van der Waals surface area (Å²) in [6.45, 7) is 15.3. The maximum atomic E-state index is 13.1. The molecule has 0 spiro atoms. The van der Waals surface area contributed by atoms with Crippen LogP contribution in [-0.2, 0) is 29.4 Å². The molecule has 0 saturated carbocycles. The molecule has 1 atom stereocenters. The fourth-order valence-electron chi connectivity index (χ4n) is 4.59. The number of rotatable bonds is 8. The predicted molar refractivity (Wildman–Crippen MR) is 147 cm³/mol. The highest BCUT2D eigenvalue weighted by atomic mass is 35.5. The Morgan fingerprint density at radius 1 is 1.16 bits per heavy atom. The molecule has 4 aromatic rings. The molecule has 8 nitrogen and oxygen atoms in total. The molecule has 1 radical (unpaired) electrons. The Morgan fingerprint density at radius 2 is 1.92 bits per heavy atom. The fraction of sp³-hybridized carbons (Fsp3) is 0.370. The van der Waals surface area contributed by atoms with Crippen LogP contribution in [0.5, 0.6) is 0 Å². The van der Waals surface area contributed by atoms with Gasteiger partial charge in [-0.15, -0.1) is 0 Å². The molecular formula is C27H32ClN6O2Si. The number of ether oxygens (including phenoxy) is 1. The predicted octanol–water partition coefficient (Wildman–Crippen LogP) is 5.35. The number of halogens is 1. The summed E-state index contributed by atoms with van der Waals surface area (Å²) in [6.07, 6.45) is 5.59. The van der Waals surface area contributed by atoms with Gasteiger partial charge in [0.25, 0.3) is 0 Å². The van der Waals surface area contributed by atoms with Gasteiger partial charge in [-0.2, -0.15) is 5.10 Å². The lowest BCUT2D eigenvalue weighted by Crippen LogP contribution is -2.30. The van der Waals surface area contributed by atoms with E-state index in [0.717, 1.165) is 51.9 Å².